The van der Waals surface area contributed by atoms with Gasteiger partial charge in [0.2, 0.25) is 0 Å². The van der Waals surface area contributed by atoms with Gasteiger partial charge in [0.15, 0.2) is 0 Å². The Kier molecular flexibility index (Phi) is 5.34. The zero-order valence-corrected chi connectivity index (χ0v) is 12.2. The number of nitrogens with zero attached hydrogens (tertiary/aromatic N) is 1. The lowest BCUT2D eigenvalue weighted by atomic mass is 10.1. The lowest BCUT2D eigenvalue weighted by Gasteiger charge is -2.09. The minimum absolute atomic E-state index is 0.319. The molecule has 1 N–H and O–H groups in total. The van der Waals surface area contributed by atoms with Crippen LogP contribution < -0.4 is 5.32 Å². The van der Waals surface area contributed by atoms with Crippen LogP contribution in [0.5, 0.6) is 0 Å². The van der Waals surface area contributed by atoms with Crippen molar-refractivity contribution in [1.29, 1.82) is 5.26 Å². The van der Waals surface area contributed by atoms with E-state index in [1.54, 1.807) is 0 Å². The molecule has 0 heterocycles. The zero-order chi connectivity index (χ0) is 15.1. The van der Waals surface area contributed by atoms with Crippen molar-refractivity contribution < 1.29 is 4.39 Å². The van der Waals surface area contributed by atoms with Gasteiger partial charge in [0.1, 0.15) is 5.82 Å². The second-order valence-electron chi connectivity index (χ2n) is 5.07. The minimum Gasteiger partial charge on any atom is -0.381 e. The van der Waals surface area contributed by atoms with Crippen LogP contribution in [-0.2, 0) is 13.0 Å². The molecule has 0 saturated heterocycles. The summed E-state index contributed by atoms with van der Waals surface area (Å²) < 4.78 is 13.2. The number of unbranched alkanes of at least 4 members (excludes halogenated alkanes) is 1. The first-order valence-corrected chi connectivity index (χ1v) is 7.24. The van der Waals surface area contributed by atoms with Crippen LogP contribution in [0.15, 0.2) is 42.5 Å². The molecule has 0 fully saturated rings. The van der Waals surface area contributed by atoms with Crippen molar-refractivity contribution in [2.45, 2.75) is 32.7 Å². The number of hydrogen-bond donors (Lipinski definition) is 1. The fraction of sp³-hybridized carbons (Fsp3) is 0.278. The summed E-state index contributed by atoms with van der Waals surface area (Å²) in [4.78, 5) is 0. The summed E-state index contributed by atoms with van der Waals surface area (Å²) in [6.07, 6.45) is 3.48. The highest BCUT2D eigenvalue weighted by Crippen LogP contribution is 2.15. The van der Waals surface area contributed by atoms with Crippen LogP contribution in [0.25, 0.3) is 0 Å². The smallest absolute Gasteiger partial charge is 0.123 e. The molecule has 0 aliphatic heterocycles. The van der Waals surface area contributed by atoms with E-state index in [0.717, 1.165) is 12.1 Å². The molecule has 0 amide bonds. The van der Waals surface area contributed by atoms with Crippen molar-refractivity contribution in [2.24, 2.45) is 0 Å². The van der Waals surface area contributed by atoms with E-state index in [4.69, 9.17) is 5.26 Å². The number of rotatable bonds is 6. The Morgan fingerprint density at radius 2 is 1.90 bits per heavy atom. The van der Waals surface area contributed by atoms with Crippen LogP contribution in [0.4, 0.5) is 10.1 Å². The Bertz CT molecular complexity index is 627. The van der Waals surface area contributed by atoms with Crippen molar-refractivity contribution >= 4 is 5.69 Å². The summed E-state index contributed by atoms with van der Waals surface area (Å²) >= 11 is 0. The summed E-state index contributed by atoms with van der Waals surface area (Å²) in [6.45, 7) is 2.62. The normalized spacial score (nSPS) is 10.1. The van der Waals surface area contributed by atoms with Gasteiger partial charge in [0.05, 0.1) is 11.6 Å². The van der Waals surface area contributed by atoms with Gasteiger partial charge in [-0.1, -0.05) is 25.5 Å². The van der Waals surface area contributed by atoms with Crippen molar-refractivity contribution in [3.8, 4) is 6.07 Å². The highest BCUT2D eigenvalue weighted by Gasteiger charge is 2.04. The molecule has 0 bridgehead atoms. The van der Waals surface area contributed by atoms with Gasteiger partial charge in [0.25, 0.3) is 0 Å². The summed E-state index contributed by atoms with van der Waals surface area (Å²) in [6, 6.07) is 14.6. The fourth-order valence-electron chi connectivity index (χ4n) is 2.19. The molecule has 0 atom stereocenters. The molecule has 3 heteroatoms. The number of nitrogens with one attached hydrogen (secondary N) is 1. The molecule has 0 saturated carbocycles. The third-order valence-electron chi connectivity index (χ3n) is 3.44. The Morgan fingerprint density at radius 3 is 2.57 bits per heavy atom. The summed E-state index contributed by atoms with van der Waals surface area (Å²) in [5.41, 5.74) is 3.48. The zero-order valence-electron chi connectivity index (χ0n) is 12.2. The van der Waals surface area contributed by atoms with Crippen LogP contribution in [0.1, 0.15) is 36.5 Å². The molecule has 2 nitrogen and oxygen atoms in total. The summed E-state index contributed by atoms with van der Waals surface area (Å²) in [7, 11) is 0. The molecule has 2 aromatic rings. The number of aryl methyl sites for hydroxylation is 1. The highest BCUT2D eigenvalue weighted by molar-refractivity contribution is 5.47. The number of benzene rings is 2. The van der Waals surface area contributed by atoms with Gasteiger partial charge in [-0.2, -0.15) is 5.26 Å². The van der Waals surface area contributed by atoms with E-state index < -0.39 is 0 Å². The van der Waals surface area contributed by atoms with Crippen molar-refractivity contribution in [3.05, 3.63) is 65.0 Å². The Hall–Kier alpha value is -2.34. The fourth-order valence-corrected chi connectivity index (χ4v) is 2.19. The molecule has 2 aromatic carbocycles. The first kappa shape index (κ1) is 15.1. The number of nitriles is 1. The molecular formula is C18H19FN2. The molecule has 2 rings (SSSR count). The summed E-state index contributed by atoms with van der Waals surface area (Å²) in [5, 5.41) is 12.3. The van der Waals surface area contributed by atoms with Gasteiger partial charge < -0.3 is 5.32 Å². The van der Waals surface area contributed by atoms with Crippen LogP contribution >= 0.6 is 0 Å². The van der Waals surface area contributed by atoms with E-state index in [1.165, 1.54) is 36.6 Å². The molecule has 0 aromatic heterocycles. The molecule has 108 valence electrons. The largest absolute Gasteiger partial charge is 0.381 e. The Balaban J connectivity index is 2.00. The van der Waals surface area contributed by atoms with Gasteiger partial charge in [-0.3, -0.25) is 0 Å². The minimum atomic E-state index is -0.319. The van der Waals surface area contributed by atoms with Gasteiger partial charge in [-0.15, -0.1) is 0 Å². The predicted octanol–water partition coefficient (Wildman–Crippen LogP) is 4.65. The maximum atomic E-state index is 13.2. The second kappa shape index (κ2) is 7.44. The van der Waals surface area contributed by atoms with E-state index in [0.29, 0.717) is 17.7 Å². The lowest BCUT2D eigenvalue weighted by Crippen LogP contribution is -2.02. The molecule has 0 unspecified atom stereocenters. The van der Waals surface area contributed by atoms with Crippen LogP contribution in [0.2, 0.25) is 0 Å². The Labute approximate surface area is 125 Å². The van der Waals surface area contributed by atoms with E-state index in [1.807, 2.05) is 12.1 Å². The first-order valence-electron chi connectivity index (χ1n) is 7.24. The monoisotopic (exact) mass is 282 g/mol. The van der Waals surface area contributed by atoms with E-state index in [2.05, 4.69) is 30.4 Å². The van der Waals surface area contributed by atoms with Crippen LogP contribution in [0, 0.1) is 17.1 Å². The van der Waals surface area contributed by atoms with Gasteiger partial charge >= 0.3 is 0 Å². The number of anilines is 1. The first-order chi connectivity index (χ1) is 10.2. The van der Waals surface area contributed by atoms with Crippen molar-refractivity contribution in [2.75, 3.05) is 5.32 Å². The van der Waals surface area contributed by atoms with E-state index in [9.17, 15) is 4.39 Å². The van der Waals surface area contributed by atoms with Gasteiger partial charge in [0, 0.05) is 12.2 Å². The number of hydrogen-bond acceptors (Lipinski definition) is 2. The second-order valence-corrected chi connectivity index (χ2v) is 5.07. The van der Waals surface area contributed by atoms with Gasteiger partial charge in [-0.05, 0) is 54.3 Å². The average molecular weight is 282 g/mol. The maximum absolute atomic E-state index is 13.2. The SMILES string of the molecule is CCCCc1ccc(NCc2cc(F)ccc2C#N)cc1. The lowest BCUT2D eigenvalue weighted by molar-refractivity contribution is 0.625. The molecule has 0 aliphatic carbocycles. The van der Waals surface area contributed by atoms with Crippen LogP contribution in [0.3, 0.4) is 0 Å². The van der Waals surface area contributed by atoms with Crippen LogP contribution in [-0.4, -0.2) is 0 Å². The molecule has 0 radical (unpaired) electrons. The standard InChI is InChI=1S/C18H19FN2/c1-2-3-4-14-5-9-18(10-6-14)21-13-16-11-17(19)8-7-15(16)12-20/h5-11,21H,2-4,13H2,1H3. The van der Waals surface area contributed by atoms with E-state index in [-0.39, 0.29) is 5.82 Å². The third kappa shape index (κ3) is 4.32. The van der Waals surface area contributed by atoms with Crippen molar-refractivity contribution in [3.63, 3.8) is 0 Å². The molecule has 0 aliphatic rings. The highest BCUT2D eigenvalue weighted by atomic mass is 19.1. The summed E-state index contributed by atoms with van der Waals surface area (Å²) in [5.74, 6) is -0.319. The predicted molar refractivity (Wildman–Crippen MR) is 83.5 cm³/mol. The van der Waals surface area contributed by atoms with Gasteiger partial charge in [-0.25, -0.2) is 4.39 Å². The Morgan fingerprint density at radius 1 is 1.14 bits per heavy atom. The maximum Gasteiger partial charge on any atom is 0.123 e. The molecule has 0 spiro atoms. The van der Waals surface area contributed by atoms with E-state index >= 15 is 0 Å². The quantitative estimate of drug-likeness (QED) is 0.837. The topological polar surface area (TPSA) is 35.8 Å². The molecular weight excluding hydrogens is 263 g/mol. The number of halogens is 1. The van der Waals surface area contributed by atoms with Crippen molar-refractivity contribution in [1.82, 2.24) is 0 Å². The molecule has 21 heavy (non-hydrogen) atoms. The average Bonchev–Trinajstić information content (AvgIpc) is 2.52. The third-order valence-corrected chi connectivity index (χ3v) is 3.44.